The first-order valence-corrected chi connectivity index (χ1v) is 7.23. The van der Waals surface area contributed by atoms with Gasteiger partial charge < -0.3 is 5.32 Å². The third kappa shape index (κ3) is 4.92. The van der Waals surface area contributed by atoms with E-state index in [1.165, 1.54) is 11.3 Å². The lowest BCUT2D eigenvalue weighted by Gasteiger charge is -2.17. The number of nitrogens with one attached hydrogen (secondary N) is 2. The zero-order valence-corrected chi connectivity index (χ0v) is 13.1. The second-order valence-corrected chi connectivity index (χ2v) is 6.32. The predicted octanol–water partition coefficient (Wildman–Crippen LogP) is 0.616. The molecule has 7 heteroatoms. The molecule has 1 aromatic rings. The lowest BCUT2D eigenvalue weighted by atomic mass is 10.2. The van der Waals surface area contributed by atoms with Crippen molar-refractivity contribution in [2.75, 3.05) is 13.6 Å². The number of amides is 2. The Kier molecular flexibility index (Phi) is 6.12. The van der Waals surface area contributed by atoms with Gasteiger partial charge in [-0.25, -0.2) is 5.84 Å². The number of nitrogens with zero attached hydrogens (tertiary/aromatic N) is 1. The van der Waals surface area contributed by atoms with E-state index in [-0.39, 0.29) is 17.9 Å². The molecule has 0 radical (unpaired) electrons. The predicted molar refractivity (Wildman–Crippen MR) is 80.3 cm³/mol. The minimum atomic E-state index is -0.287. The molecular formula is C13H22N4O2S. The largest absolute Gasteiger partial charge is 0.353 e. The molecule has 1 heterocycles. The van der Waals surface area contributed by atoms with Crippen molar-refractivity contribution in [3.8, 4) is 0 Å². The van der Waals surface area contributed by atoms with Crippen molar-refractivity contribution < 1.29 is 9.59 Å². The molecule has 0 aliphatic rings. The highest BCUT2D eigenvalue weighted by molar-refractivity contribution is 7.14. The maximum absolute atomic E-state index is 11.7. The fourth-order valence-corrected chi connectivity index (χ4v) is 2.76. The van der Waals surface area contributed by atoms with E-state index in [0.717, 1.165) is 10.4 Å². The second-order valence-electron chi connectivity index (χ2n) is 5.06. The van der Waals surface area contributed by atoms with Gasteiger partial charge in [0.15, 0.2) is 0 Å². The van der Waals surface area contributed by atoms with E-state index >= 15 is 0 Å². The first-order chi connectivity index (χ1) is 9.33. The molecule has 112 valence electrons. The minimum absolute atomic E-state index is 0.00435. The van der Waals surface area contributed by atoms with Crippen molar-refractivity contribution >= 4 is 23.2 Å². The van der Waals surface area contributed by atoms with Gasteiger partial charge in [0.05, 0.1) is 11.4 Å². The van der Waals surface area contributed by atoms with Crippen LogP contribution in [-0.2, 0) is 11.3 Å². The molecule has 2 amide bonds. The maximum atomic E-state index is 11.7. The highest BCUT2D eigenvalue weighted by atomic mass is 32.1. The Labute approximate surface area is 123 Å². The average molecular weight is 298 g/mol. The summed E-state index contributed by atoms with van der Waals surface area (Å²) in [4.78, 5) is 26.7. The van der Waals surface area contributed by atoms with E-state index in [9.17, 15) is 9.59 Å². The van der Waals surface area contributed by atoms with Crippen molar-refractivity contribution in [3.63, 3.8) is 0 Å². The molecule has 0 aliphatic carbocycles. The van der Waals surface area contributed by atoms with Crippen LogP contribution in [0.25, 0.3) is 0 Å². The van der Waals surface area contributed by atoms with Crippen molar-refractivity contribution in [1.29, 1.82) is 0 Å². The summed E-state index contributed by atoms with van der Waals surface area (Å²) in [6.45, 7) is 6.75. The molecule has 0 saturated carbocycles. The van der Waals surface area contributed by atoms with Gasteiger partial charge in [0.2, 0.25) is 5.91 Å². The van der Waals surface area contributed by atoms with Gasteiger partial charge in [-0.1, -0.05) is 0 Å². The van der Waals surface area contributed by atoms with E-state index < -0.39 is 0 Å². The van der Waals surface area contributed by atoms with Crippen LogP contribution in [-0.4, -0.2) is 36.3 Å². The molecule has 0 atom stereocenters. The van der Waals surface area contributed by atoms with Gasteiger partial charge in [-0.05, 0) is 39.4 Å². The SMILES string of the molecule is Cc1sc(C(=O)NN)cc1CN(C)CC(=O)NC(C)C. The van der Waals surface area contributed by atoms with Crippen molar-refractivity contribution in [2.45, 2.75) is 33.4 Å². The zero-order chi connectivity index (χ0) is 15.3. The fourth-order valence-electron chi connectivity index (χ4n) is 1.82. The number of likely N-dealkylation sites (N-methyl/N-ethyl adjacent to an activating group) is 1. The Morgan fingerprint density at radius 3 is 2.65 bits per heavy atom. The van der Waals surface area contributed by atoms with Gasteiger partial charge in [-0.3, -0.25) is 19.9 Å². The summed E-state index contributed by atoms with van der Waals surface area (Å²) in [6.07, 6.45) is 0. The van der Waals surface area contributed by atoms with Crippen LogP contribution in [0.2, 0.25) is 0 Å². The topological polar surface area (TPSA) is 87.5 Å². The molecule has 1 aromatic heterocycles. The molecule has 6 nitrogen and oxygen atoms in total. The van der Waals surface area contributed by atoms with Crippen LogP contribution in [0, 0.1) is 6.92 Å². The summed E-state index contributed by atoms with van der Waals surface area (Å²) in [7, 11) is 1.87. The summed E-state index contributed by atoms with van der Waals surface area (Å²) in [5.41, 5.74) is 3.16. The number of hydrogen-bond donors (Lipinski definition) is 3. The number of nitrogens with two attached hydrogens (primary N) is 1. The number of carbonyl (C=O) groups excluding carboxylic acids is 2. The molecule has 0 unspecified atom stereocenters. The van der Waals surface area contributed by atoms with E-state index in [1.807, 2.05) is 38.8 Å². The standard InChI is InChI=1S/C13H22N4O2S/c1-8(2)15-12(18)7-17(4)6-10-5-11(13(19)16-14)20-9(10)3/h5,8H,6-7,14H2,1-4H3,(H,15,18)(H,16,19). The van der Waals surface area contributed by atoms with Crippen molar-refractivity contribution in [3.05, 3.63) is 21.4 Å². The second kappa shape index (κ2) is 7.37. The Bertz CT molecular complexity index is 485. The third-order valence-corrected chi connectivity index (χ3v) is 3.77. The number of hydrogen-bond acceptors (Lipinski definition) is 5. The summed E-state index contributed by atoms with van der Waals surface area (Å²) in [5.74, 6) is 4.83. The summed E-state index contributed by atoms with van der Waals surface area (Å²) >= 11 is 1.40. The Hall–Kier alpha value is -1.44. The molecule has 0 saturated heterocycles. The number of hydrazine groups is 1. The molecule has 20 heavy (non-hydrogen) atoms. The number of rotatable bonds is 6. The van der Waals surface area contributed by atoms with Crippen LogP contribution in [0.15, 0.2) is 6.07 Å². The normalized spacial score (nSPS) is 10.9. The first-order valence-electron chi connectivity index (χ1n) is 6.41. The van der Waals surface area contributed by atoms with Crippen molar-refractivity contribution in [2.24, 2.45) is 5.84 Å². The van der Waals surface area contributed by atoms with E-state index in [2.05, 4.69) is 10.7 Å². The number of carbonyl (C=O) groups is 2. The molecule has 1 rings (SSSR count). The summed E-state index contributed by atoms with van der Waals surface area (Å²) in [6, 6.07) is 1.96. The van der Waals surface area contributed by atoms with Gasteiger partial charge in [-0.15, -0.1) is 11.3 Å². The van der Waals surface area contributed by atoms with Crippen LogP contribution in [0.3, 0.4) is 0 Å². The molecule has 0 aromatic carbocycles. The highest BCUT2D eigenvalue weighted by Crippen LogP contribution is 2.22. The van der Waals surface area contributed by atoms with Gasteiger partial charge in [0.25, 0.3) is 5.91 Å². The Morgan fingerprint density at radius 2 is 2.10 bits per heavy atom. The van der Waals surface area contributed by atoms with Crippen LogP contribution in [0.1, 0.15) is 34.0 Å². The molecule has 0 fully saturated rings. The summed E-state index contributed by atoms with van der Waals surface area (Å²) in [5, 5.41) is 2.85. The quantitative estimate of drug-likeness (QED) is 0.408. The van der Waals surface area contributed by atoms with Crippen molar-refractivity contribution in [1.82, 2.24) is 15.6 Å². The Morgan fingerprint density at radius 1 is 1.45 bits per heavy atom. The maximum Gasteiger partial charge on any atom is 0.275 e. The van der Waals surface area contributed by atoms with Gasteiger partial charge in [0, 0.05) is 17.5 Å². The lowest BCUT2D eigenvalue weighted by molar-refractivity contribution is -0.122. The average Bonchev–Trinajstić information content (AvgIpc) is 2.68. The van der Waals surface area contributed by atoms with Crippen LogP contribution >= 0.6 is 11.3 Å². The number of aryl methyl sites for hydroxylation is 1. The molecule has 0 aliphatic heterocycles. The van der Waals surface area contributed by atoms with E-state index in [4.69, 9.17) is 5.84 Å². The Balaban J connectivity index is 2.62. The number of thiophene rings is 1. The van der Waals surface area contributed by atoms with Crippen LogP contribution in [0.4, 0.5) is 0 Å². The molecule has 0 spiro atoms. The number of nitrogen functional groups attached to an aromatic ring is 1. The first kappa shape index (κ1) is 16.6. The zero-order valence-electron chi connectivity index (χ0n) is 12.3. The van der Waals surface area contributed by atoms with Crippen LogP contribution in [0.5, 0.6) is 0 Å². The van der Waals surface area contributed by atoms with E-state index in [0.29, 0.717) is 18.0 Å². The molecule has 0 bridgehead atoms. The summed E-state index contributed by atoms with van der Waals surface area (Å²) < 4.78 is 0. The smallest absolute Gasteiger partial charge is 0.275 e. The molecular weight excluding hydrogens is 276 g/mol. The van der Waals surface area contributed by atoms with Gasteiger partial charge in [-0.2, -0.15) is 0 Å². The lowest BCUT2D eigenvalue weighted by Crippen LogP contribution is -2.38. The fraction of sp³-hybridized carbons (Fsp3) is 0.538. The van der Waals surface area contributed by atoms with E-state index in [1.54, 1.807) is 0 Å². The minimum Gasteiger partial charge on any atom is -0.353 e. The van der Waals surface area contributed by atoms with Gasteiger partial charge >= 0.3 is 0 Å². The van der Waals surface area contributed by atoms with Gasteiger partial charge in [0.1, 0.15) is 0 Å². The highest BCUT2D eigenvalue weighted by Gasteiger charge is 2.14. The third-order valence-electron chi connectivity index (χ3n) is 2.68. The molecule has 4 N–H and O–H groups in total. The van der Waals surface area contributed by atoms with Crippen LogP contribution < -0.4 is 16.6 Å². The monoisotopic (exact) mass is 298 g/mol.